The van der Waals surface area contributed by atoms with Crippen molar-refractivity contribution in [3.05, 3.63) is 77.1 Å². The van der Waals surface area contributed by atoms with Crippen LogP contribution in [0.25, 0.3) is 0 Å². The normalized spacial score (nSPS) is 14.5. The van der Waals surface area contributed by atoms with Crippen LogP contribution in [0.15, 0.2) is 60.4 Å². The van der Waals surface area contributed by atoms with Gasteiger partial charge in [0.25, 0.3) is 11.8 Å². The topological polar surface area (TPSA) is 46.6 Å². The molecule has 2 aromatic rings. The van der Waals surface area contributed by atoms with Gasteiger partial charge in [0.05, 0.1) is 17.7 Å². The van der Waals surface area contributed by atoms with E-state index >= 15 is 0 Å². The summed E-state index contributed by atoms with van der Waals surface area (Å²) >= 11 is 0. The Bertz CT molecular complexity index is 886. The smallest absolute Gasteiger partial charge is 0.406 e. The molecule has 0 aliphatic carbocycles. The van der Waals surface area contributed by atoms with Crippen molar-refractivity contribution < 1.29 is 31.9 Å². The van der Waals surface area contributed by atoms with E-state index in [0.29, 0.717) is 5.56 Å². The SMILES string of the molecule is O=C1c2ccccc2C(=O)N1C/C(F)=C\Cc1cccc(OC(F)(F)F)c1. The molecule has 27 heavy (non-hydrogen) atoms. The zero-order valence-electron chi connectivity index (χ0n) is 13.8. The summed E-state index contributed by atoms with van der Waals surface area (Å²) in [5.74, 6) is -2.32. The standard InChI is InChI=1S/C19H13F4NO3/c20-13(9-8-12-4-3-5-14(10-12)27-19(21,22)23)11-24-17(25)15-6-1-2-7-16(15)18(24)26/h1-7,9-10H,8,11H2/b13-9+. The van der Waals surface area contributed by atoms with Gasteiger partial charge >= 0.3 is 6.36 Å². The Labute approximate surface area is 151 Å². The van der Waals surface area contributed by atoms with Crippen molar-refractivity contribution in [2.24, 2.45) is 0 Å². The molecule has 1 heterocycles. The van der Waals surface area contributed by atoms with E-state index in [1.54, 1.807) is 12.1 Å². The molecule has 0 spiro atoms. The second kappa shape index (κ2) is 7.22. The van der Waals surface area contributed by atoms with Gasteiger partial charge in [0.2, 0.25) is 0 Å². The van der Waals surface area contributed by atoms with Gasteiger partial charge in [-0.1, -0.05) is 24.3 Å². The van der Waals surface area contributed by atoms with Crippen molar-refractivity contribution in [1.29, 1.82) is 0 Å². The van der Waals surface area contributed by atoms with Crippen LogP contribution >= 0.6 is 0 Å². The van der Waals surface area contributed by atoms with Gasteiger partial charge in [0.15, 0.2) is 0 Å². The third-order valence-corrected chi connectivity index (χ3v) is 3.88. The largest absolute Gasteiger partial charge is 0.573 e. The molecule has 8 heteroatoms. The van der Waals surface area contributed by atoms with E-state index in [1.165, 1.54) is 24.3 Å². The van der Waals surface area contributed by atoms with Gasteiger partial charge in [0.1, 0.15) is 11.6 Å². The van der Waals surface area contributed by atoms with Crippen LogP contribution in [0.4, 0.5) is 17.6 Å². The minimum Gasteiger partial charge on any atom is -0.406 e. The van der Waals surface area contributed by atoms with Crippen molar-refractivity contribution in [2.75, 3.05) is 6.54 Å². The molecule has 1 aliphatic rings. The first-order valence-electron chi connectivity index (χ1n) is 7.89. The summed E-state index contributed by atoms with van der Waals surface area (Å²) in [5, 5.41) is 0. The lowest BCUT2D eigenvalue weighted by Gasteiger charge is -2.12. The molecule has 0 aromatic heterocycles. The van der Waals surface area contributed by atoms with Crippen LogP contribution in [0.3, 0.4) is 0 Å². The molecule has 0 atom stereocenters. The molecule has 0 saturated carbocycles. The molecule has 0 saturated heterocycles. The second-order valence-corrected chi connectivity index (χ2v) is 5.79. The average molecular weight is 379 g/mol. The maximum Gasteiger partial charge on any atom is 0.573 e. The number of alkyl halides is 3. The van der Waals surface area contributed by atoms with Gasteiger partial charge < -0.3 is 4.74 Å². The number of hydrogen-bond acceptors (Lipinski definition) is 3. The van der Waals surface area contributed by atoms with Gasteiger partial charge in [0, 0.05) is 0 Å². The molecule has 2 aromatic carbocycles. The van der Waals surface area contributed by atoms with Gasteiger partial charge in [-0.25, -0.2) is 4.39 Å². The minimum atomic E-state index is -4.81. The molecule has 0 bridgehead atoms. The van der Waals surface area contributed by atoms with E-state index in [1.807, 2.05) is 0 Å². The van der Waals surface area contributed by atoms with Crippen LogP contribution in [0.5, 0.6) is 5.75 Å². The fourth-order valence-electron chi connectivity index (χ4n) is 2.70. The van der Waals surface area contributed by atoms with Crippen molar-refractivity contribution in [3.8, 4) is 5.75 Å². The molecule has 2 amide bonds. The number of amides is 2. The fourth-order valence-corrected chi connectivity index (χ4v) is 2.70. The zero-order chi connectivity index (χ0) is 19.6. The Kier molecular flexibility index (Phi) is 4.98. The Morgan fingerprint density at radius 2 is 1.63 bits per heavy atom. The lowest BCUT2D eigenvalue weighted by Crippen LogP contribution is -2.31. The first-order valence-corrected chi connectivity index (χ1v) is 7.89. The molecule has 1 aliphatic heterocycles. The maximum atomic E-state index is 14.2. The molecule has 4 nitrogen and oxygen atoms in total. The molecular weight excluding hydrogens is 366 g/mol. The van der Waals surface area contributed by atoms with Crippen molar-refractivity contribution in [3.63, 3.8) is 0 Å². The zero-order valence-corrected chi connectivity index (χ0v) is 13.8. The number of benzene rings is 2. The number of carbonyl (C=O) groups is 2. The first-order chi connectivity index (χ1) is 12.7. The summed E-state index contributed by atoms with van der Waals surface area (Å²) in [5.41, 5.74) is 0.814. The predicted octanol–water partition coefficient (Wildman–Crippen LogP) is 4.28. The number of allylic oxidation sites excluding steroid dienone is 1. The van der Waals surface area contributed by atoms with E-state index in [9.17, 15) is 27.2 Å². The van der Waals surface area contributed by atoms with Gasteiger partial charge in [-0.15, -0.1) is 13.2 Å². The van der Waals surface area contributed by atoms with E-state index in [-0.39, 0.29) is 17.5 Å². The monoisotopic (exact) mass is 379 g/mol. The highest BCUT2D eigenvalue weighted by atomic mass is 19.4. The number of rotatable bonds is 5. The van der Waals surface area contributed by atoms with Crippen LogP contribution in [0.2, 0.25) is 0 Å². The number of carbonyl (C=O) groups excluding carboxylic acids is 2. The second-order valence-electron chi connectivity index (χ2n) is 5.79. The summed E-state index contributed by atoms with van der Waals surface area (Å²) in [7, 11) is 0. The lowest BCUT2D eigenvalue weighted by atomic mass is 10.1. The highest BCUT2D eigenvalue weighted by Gasteiger charge is 2.35. The molecule has 0 radical (unpaired) electrons. The van der Waals surface area contributed by atoms with Crippen LogP contribution in [-0.2, 0) is 6.42 Å². The highest BCUT2D eigenvalue weighted by Crippen LogP contribution is 2.25. The third-order valence-electron chi connectivity index (χ3n) is 3.88. The van der Waals surface area contributed by atoms with Crippen LogP contribution in [0.1, 0.15) is 26.3 Å². The number of imide groups is 1. The van der Waals surface area contributed by atoms with Crippen molar-refractivity contribution in [2.45, 2.75) is 12.8 Å². The Hall–Kier alpha value is -3.16. The molecular formula is C19H13F4NO3. The van der Waals surface area contributed by atoms with Crippen LogP contribution < -0.4 is 4.74 Å². The third kappa shape index (κ3) is 4.33. The van der Waals surface area contributed by atoms with Gasteiger partial charge in [-0.3, -0.25) is 14.5 Å². The average Bonchev–Trinajstić information content (AvgIpc) is 2.84. The van der Waals surface area contributed by atoms with Crippen LogP contribution in [0, 0.1) is 0 Å². The predicted molar refractivity (Wildman–Crippen MR) is 87.8 cm³/mol. The summed E-state index contributed by atoms with van der Waals surface area (Å²) < 4.78 is 54.7. The Morgan fingerprint density at radius 3 is 2.22 bits per heavy atom. The lowest BCUT2D eigenvalue weighted by molar-refractivity contribution is -0.274. The fraction of sp³-hybridized carbons (Fsp3) is 0.158. The quantitative estimate of drug-likeness (QED) is 0.576. The molecule has 0 unspecified atom stereocenters. The summed E-state index contributed by atoms with van der Waals surface area (Å²) in [6.07, 6.45) is -3.73. The number of halogens is 4. The Morgan fingerprint density at radius 1 is 1.00 bits per heavy atom. The minimum absolute atomic E-state index is 0.0238. The van der Waals surface area contributed by atoms with Crippen molar-refractivity contribution in [1.82, 2.24) is 4.90 Å². The number of nitrogens with zero attached hydrogens (tertiary/aromatic N) is 1. The Balaban J connectivity index is 1.67. The number of fused-ring (bicyclic) bond motifs is 1. The molecule has 140 valence electrons. The maximum absolute atomic E-state index is 14.2. The van der Waals surface area contributed by atoms with Crippen LogP contribution in [-0.4, -0.2) is 29.6 Å². The number of ether oxygens (including phenoxy) is 1. The van der Waals surface area contributed by atoms with Crippen molar-refractivity contribution >= 4 is 11.8 Å². The molecule has 0 fully saturated rings. The first kappa shape index (κ1) is 18.6. The van der Waals surface area contributed by atoms with E-state index in [4.69, 9.17) is 0 Å². The van der Waals surface area contributed by atoms with Gasteiger partial charge in [-0.05, 0) is 42.3 Å². The van der Waals surface area contributed by atoms with Gasteiger partial charge in [-0.2, -0.15) is 0 Å². The van der Waals surface area contributed by atoms with E-state index in [0.717, 1.165) is 23.1 Å². The van der Waals surface area contributed by atoms with E-state index in [2.05, 4.69) is 4.74 Å². The van der Waals surface area contributed by atoms with E-state index < -0.39 is 36.3 Å². The molecule has 0 N–H and O–H groups in total. The molecule has 3 rings (SSSR count). The summed E-state index contributed by atoms with van der Waals surface area (Å²) in [6, 6.07) is 11.3. The highest BCUT2D eigenvalue weighted by molar-refractivity contribution is 6.21. The summed E-state index contributed by atoms with van der Waals surface area (Å²) in [4.78, 5) is 25.2. The number of hydrogen-bond donors (Lipinski definition) is 0. The summed E-state index contributed by atoms with van der Waals surface area (Å²) in [6.45, 7) is -0.537.